The fraction of sp³-hybridized carbons (Fsp3) is 0.105. The second-order valence-corrected chi connectivity index (χ2v) is 6.59. The van der Waals surface area contributed by atoms with Crippen molar-refractivity contribution in [3.63, 3.8) is 0 Å². The van der Waals surface area contributed by atoms with Crippen LogP contribution in [-0.2, 0) is 0 Å². The second-order valence-electron chi connectivity index (χ2n) is 5.70. The number of nitro groups is 1. The molecule has 150 valence electrons. The molecule has 0 saturated heterocycles. The van der Waals surface area contributed by atoms with E-state index in [0.717, 1.165) is 11.3 Å². The highest BCUT2D eigenvalue weighted by atomic mass is 32.1. The van der Waals surface area contributed by atoms with E-state index < -0.39 is 17.4 Å². The van der Waals surface area contributed by atoms with Crippen LogP contribution in [0.2, 0.25) is 0 Å². The number of nitrogens with one attached hydrogen (secondary N) is 1. The summed E-state index contributed by atoms with van der Waals surface area (Å²) in [7, 11) is 1.51. The van der Waals surface area contributed by atoms with Gasteiger partial charge in [-0.25, -0.2) is 0 Å². The number of anilines is 1. The number of methoxy groups -OCH3 is 1. The van der Waals surface area contributed by atoms with Crippen LogP contribution in [0.3, 0.4) is 0 Å². The molecule has 1 aromatic heterocycles. The van der Waals surface area contributed by atoms with Crippen LogP contribution in [0.25, 0.3) is 11.1 Å². The van der Waals surface area contributed by atoms with Crippen molar-refractivity contribution >= 4 is 27.9 Å². The number of nitrogens with zero attached hydrogens (tertiary/aromatic N) is 1. The van der Waals surface area contributed by atoms with Crippen molar-refractivity contribution in [2.24, 2.45) is 0 Å². The van der Waals surface area contributed by atoms with Crippen LogP contribution in [0.15, 0.2) is 53.9 Å². The van der Waals surface area contributed by atoms with Gasteiger partial charge in [-0.15, -0.1) is 0 Å². The van der Waals surface area contributed by atoms with Crippen LogP contribution in [0, 0.1) is 10.1 Å². The van der Waals surface area contributed by atoms with Crippen molar-refractivity contribution in [2.45, 2.75) is 6.61 Å². The van der Waals surface area contributed by atoms with E-state index in [1.54, 1.807) is 24.3 Å². The molecule has 1 heterocycles. The number of hydrogen-bond donors (Lipinski definition) is 1. The molecular weight excluding hydrogens is 406 g/mol. The van der Waals surface area contributed by atoms with Gasteiger partial charge in [0.15, 0.2) is 0 Å². The highest BCUT2D eigenvalue weighted by Crippen LogP contribution is 2.35. The summed E-state index contributed by atoms with van der Waals surface area (Å²) in [5.74, 6) is -0.0273. The quantitative estimate of drug-likeness (QED) is 0.420. The number of carbonyl (C=O) groups excluding carboxylic acids is 1. The van der Waals surface area contributed by atoms with E-state index >= 15 is 0 Å². The Morgan fingerprint density at radius 1 is 1.17 bits per heavy atom. The van der Waals surface area contributed by atoms with Gasteiger partial charge in [0, 0.05) is 22.7 Å². The molecule has 0 spiro atoms. The number of carbonyl (C=O) groups is 1. The van der Waals surface area contributed by atoms with Gasteiger partial charge in [0.25, 0.3) is 5.91 Å². The van der Waals surface area contributed by atoms with Gasteiger partial charge in [0.05, 0.1) is 17.6 Å². The number of thiophene rings is 1. The maximum absolute atomic E-state index is 12.8. The molecule has 10 heteroatoms. The van der Waals surface area contributed by atoms with Crippen molar-refractivity contribution in [3.05, 3.63) is 69.6 Å². The third-order valence-electron chi connectivity index (χ3n) is 3.88. The summed E-state index contributed by atoms with van der Waals surface area (Å²) in [6.07, 6.45) is 0. The Morgan fingerprint density at radius 3 is 2.48 bits per heavy atom. The van der Waals surface area contributed by atoms with Gasteiger partial charge in [-0.05, 0) is 35.9 Å². The number of rotatable bonds is 7. The summed E-state index contributed by atoms with van der Waals surface area (Å²) in [4.78, 5) is 22.5. The molecule has 3 rings (SSSR count). The molecule has 0 fully saturated rings. The first-order chi connectivity index (χ1) is 13.9. The number of hydrogen-bond acceptors (Lipinski definition) is 6. The van der Waals surface area contributed by atoms with E-state index in [0.29, 0.717) is 22.6 Å². The van der Waals surface area contributed by atoms with Crippen molar-refractivity contribution in [2.75, 3.05) is 12.4 Å². The number of ether oxygens (including phenoxy) is 2. The van der Waals surface area contributed by atoms with Crippen molar-refractivity contribution in [3.8, 4) is 22.6 Å². The Morgan fingerprint density at radius 2 is 1.90 bits per heavy atom. The van der Waals surface area contributed by atoms with E-state index in [-0.39, 0.29) is 16.3 Å². The summed E-state index contributed by atoms with van der Waals surface area (Å²) < 4.78 is 35.2. The maximum atomic E-state index is 12.8. The first-order valence-electron chi connectivity index (χ1n) is 8.15. The lowest BCUT2D eigenvalue weighted by molar-refractivity contribution is -0.380. The molecule has 3 aromatic rings. The lowest BCUT2D eigenvalue weighted by Crippen LogP contribution is -2.11. The third-order valence-corrected chi connectivity index (χ3v) is 4.76. The molecule has 0 atom stereocenters. The molecule has 0 aliphatic carbocycles. The SMILES string of the molecule is COc1ccc(-c2cc(NC(=O)c3csc([N+](=O)[O-])c3)ccc2OC(F)F)cc1. The standard InChI is InChI=1S/C19H14F2N2O5S/c1-27-14-5-2-11(3-6-14)15-9-13(4-7-16(15)28-19(20)21)22-18(24)12-8-17(23(25)26)29-10-12/h2-10,19H,1H3,(H,22,24). The molecule has 0 radical (unpaired) electrons. The third kappa shape index (κ3) is 4.85. The molecule has 1 N–H and O–H groups in total. The zero-order chi connectivity index (χ0) is 21.0. The second kappa shape index (κ2) is 8.65. The average molecular weight is 420 g/mol. The minimum absolute atomic E-state index is 0.0608. The molecule has 7 nitrogen and oxygen atoms in total. The van der Waals surface area contributed by atoms with Crippen LogP contribution in [0.1, 0.15) is 10.4 Å². The molecule has 1 amide bonds. The van der Waals surface area contributed by atoms with Gasteiger partial charge in [0.1, 0.15) is 11.5 Å². The van der Waals surface area contributed by atoms with E-state index in [4.69, 9.17) is 4.74 Å². The monoisotopic (exact) mass is 420 g/mol. The first kappa shape index (κ1) is 20.2. The lowest BCUT2D eigenvalue weighted by atomic mass is 10.0. The number of amides is 1. The Balaban J connectivity index is 1.90. The average Bonchev–Trinajstić information content (AvgIpc) is 3.20. The summed E-state index contributed by atoms with van der Waals surface area (Å²) in [5, 5.41) is 14.6. The maximum Gasteiger partial charge on any atom is 0.387 e. The van der Waals surface area contributed by atoms with Gasteiger partial charge < -0.3 is 14.8 Å². The van der Waals surface area contributed by atoms with E-state index in [1.165, 1.54) is 36.8 Å². The lowest BCUT2D eigenvalue weighted by Gasteiger charge is -2.14. The predicted molar refractivity (Wildman–Crippen MR) is 104 cm³/mol. The zero-order valence-electron chi connectivity index (χ0n) is 14.9. The van der Waals surface area contributed by atoms with E-state index in [2.05, 4.69) is 10.1 Å². The summed E-state index contributed by atoms with van der Waals surface area (Å²) in [6, 6.07) is 12.0. The number of halogens is 2. The molecule has 0 aliphatic heterocycles. The van der Waals surface area contributed by atoms with Crippen LogP contribution in [0.5, 0.6) is 11.5 Å². The van der Waals surface area contributed by atoms with Gasteiger partial charge in [-0.2, -0.15) is 8.78 Å². The van der Waals surface area contributed by atoms with Crippen LogP contribution in [0.4, 0.5) is 19.5 Å². The largest absolute Gasteiger partial charge is 0.497 e. The Labute approximate surface area is 167 Å². The van der Waals surface area contributed by atoms with Crippen molar-refractivity contribution < 1.29 is 28.0 Å². The van der Waals surface area contributed by atoms with Gasteiger partial charge in [0.2, 0.25) is 0 Å². The molecular formula is C19H14F2N2O5S. The molecule has 0 bridgehead atoms. The molecule has 0 saturated carbocycles. The highest BCUT2D eigenvalue weighted by molar-refractivity contribution is 7.13. The first-order valence-corrected chi connectivity index (χ1v) is 9.03. The zero-order valence-corrected chi connectivity index (χ0v) is 15.7. The van der Waals surface area contributed by atoms with Crippen LogP contribution < -0.4 is 14.8 Å². The summed E-state index contributed by atoms with van der Waals surface area (Å²) in [5.41, 5.74) is 1.35. The van der Waals surface area contributed by atoms with Crippen LogP contribution in [-0.4, -0.2) is 24.6 Å². The van der Waals surface area contributed by atoms with E-state index in [9.17, 15) is 23.7 Å². The van der Waals surface area contributed by atoms with Gasteiger partial charge in [-0.3, -0.25) is 14.9 Å². The number of benzene rings is 2. The Bertz CT molecular complexity index is 1040. The normalized spacial score (nSPS) is 10.6. The molecule has 0 aliphatic rings. The Hall–Kier alpha value is -3.53. The minimum atomic E-state index is -3.02. The molecule has 2 aromatic carbocycles. The van der Waals surface area contributed by atoms with Gasteiger partial charge >= 0.3 is 11.6 Å². The van der Waals surface area contributed by atoms with Gasteiger partial charge in [-0.1, -0.05) is 23.5 Å². The smallest absolute Gasteiger partial charge is 0.387 e. The van der Waals surface area contributed by atoms with Crippen LogP contribution >= 0.6 is 11.3 Å². The van der Waals surface area contributed by atoms with Crippen molar-refractivity contribution in [1.29, 1.82) is 0 Å². The molecule has 0 unspecified atom stereocenters. The highest BCUT2D eigenvalue weighted by Gasteiger charge is 2.17. The predicted octanol–water partition coefficient (Wildman–Crippen LogP) is 5.19. The number of alkyl halides is 2. The fourth-order valence-electron chi connectivity index (χ4n) is 2.55. The van der Waals surface area contributed by atoms with E-state index in [1.807, 2.05) is 0 Å². The minimum Gasteiger partial charge on any atom is -0.497 e. The topological polar surface area (TPSA) is 90.7 Å². The summed E-state index contributed by atoms with van der Waals surface area (Å²) >= 11 is 0.834. The fourth-order valence-corrected chi connectivity index (χ4v) is 3.25. The Kier molecular flexibility index (Phi) is 6.03. The van der Waals surface area contributed by atoms with Crippen molar-refractivity contribution in [1.82, 2.24) is 0 Å². The molecule has 29 heavy (non-hydrogen) atoms. The summed E-state index contributed by atoms with van der Waals surface area (Å²) in [6.45, 7) is -3.02.